The number of nitrogens with zero attached hydrogens (tertiary/aromatic N) is 1. The maximum atomic E-state index is 12.6. The molecule has 5 nitrogen and oxygen atoms in total. The maximum absolute atomic E-state index is 12.6. The van der Waals surface area contributed by atoms with Gasteiger partial charge in [0.05, 0.1) is 12.1 Å². The molecule has 1 aliphatic rings. The molecule has 20 heavy (non-hydrogen) atoms. The van der Waals surface area contributed by atoms with E-state index < -0.39 is 0 Å². The molecule has 4 atom stereocenters. The second kappa shape index (κ2) is 8.64. The van der Waals surface area contributed by atoms with Crippen molar-refractivity contribution in [3.05, 3.63) is 0 Å². The average molecular weight is 300 g/mol. The van der Waals surface area contributed by atoms with E-state index in [9.17, 15) is 9.59 Å². The Morgan fingerprint density at radius 2 is 2.30 bits per heavy atom. The molecule has 0 unspecified atom stereocenters. The van der Waals surface area contributed by atoms with E-state index in [2.05, 4.69) is 24.9 Å². The monoisotopic (exact) mass is 300 g/mol. The highest BCUT2D eigenvalue weighted by atomic mass is 32.1. The number of amides is 1. The topological polar surface area (TPSA) is 75.4 Å². The first-order chi connectivity index (χ1) is 9.54. The highest BCUT2D eigenvalue weighted by Gasteiger charge is 2.35. The largest absolute Gasteiger partial charge is 0.331 e. The highest BCUT2D eigenvalue weighted by Crippen LogP contribution is 2.19. The van der Waals surface area contributed by atoms with Crippen LogP contribution < -0.4 is 11.1 Å². The van der Waals surface area contributed by atoms with Gasteiger partial charge in [0.15, 0.2) is 0 Å². The Labute approximate surface area is 127 Å². The molecule has 0 saturated carbocycles. The molecule has 1 fully saturated rings. The van der Waals surface area contributed by atoms with Gasteiger partial charge >= 0.3 is 0 Å². The van der Waals surface area contributed by atoms with Gasteiger partial charge in [-0.25, -0.2) is 0 Å². The summed E-state index contributed by atoms with van der Waals surface area (Å²) >= 11 is 4.15. The van der Waals surface area contributed by atoms with E-state index in [4.69, 9.17) is 5.73 Å². The molecule has 0 aliphatic carbocycles. The van der Waals surface area contributed by atoms with E-state index in [-0.39, 0.29) is 30.0 Å². The molecule has 1 aliphatic heterocycles. The van der Waals surface area contributed by atoms with Crippen molar-refractivity contribution in [1.29, 1.82) is 0 Å². The Kier molecular flexibility index (Phi) is 7.55. The predicted octanol–water partition coefficient (Wildman–Crippen LogP) is 0.349. The Hall–Kier alpha value is -0.590. The number of thiol groups is 1. The maximum Gasteiger partial charge on any atom is 0.240 e. The zero-order valence-corrected chi connectivity index (χ0v) is 13.2. The fourth-order valence-corrected chi connectivity index (χ4v) is 2.57. The van der Waals surface area contributed by atoms with Crippen LogP contribution in [0.3, 0.4) is 0 Å². The third-order valence-corrected chi connectivity index (χ3v) is 4.45. The molecule has 0 aromatic rings. The van der Waals surface area contributed by atoms with Crippen LogP contribution in [0.1, 0.15) is 33.1 Å². The van der Waals surface area contributed by atoms with Crippen LogP contribution in [0.15, 0.2) is 0 Å². The number of nitrogens with two attached hydrogens (primary N) is 1. The molecule has 1 amide bonds. The number of hydrogen-bond acceptors (Lipinski definition) is 5. The van der Waals surface area contributed by atoms with Crippen molar-refractivity contribution in [2.45, 2.75) is 51.2 Å². The van der Waals surface area contributed by atoms with Crippen LogP contribution in [0.2, 0.25) is 0 Å². The third kappa shape index (κ3) is 4.46. The molecule has 3 N–H and O–H groups in total. The standard InChI is InChI=1S/C14H26N3O2S/c1-3-10(2)13(16-7-11(15)9-20)14(19)17-6-4-5-12(17)8-18/h10-13,16,20H,3-7,9,15H2,1-2H3/t10-,11+,12-,13-/m0/s1. The number of carbonyl (C=O) groups is 1. The Bertz CT molecular complexity index is 328. The second-order valence-electron chi connectivity index (χ2n) is 5.52. The van der Waals surface area contributed by atoms with Crippen molar-refractivity contribution >= 4 is 24.8 Å². The van der Waals surface area contributed by atoms with E-state index in [0.29, 0.717) is 18.8 Å². The number of rotatable bonds is 8. The van der Waals surface area contributed by atoms with Crippen molar-refractivity contribution in [2.75, 3.05) is 18.8 Å². The molecule has 1 rings (SSSR count). The zero-order chi connectivity index (χ0) is 15.1. The first kappa shape index (κ1) is 17.5. The third-order valence-electron chi connectivity index (χ3n) is 3.99. The summed E-state index contributed by atoms with van der Waals surface area (Å²) in [5, 5.41) is 3.25. The molecule has 115 valence electrons. The Morgan fingerprint density at radius 3 is 2.85 bits per heavy atom. The van der Waals surface area contributed by atoms with Crippen LogP contribution in [-0.4, -0.2) is 54.1 Å². The number of nitrogens with one attached hydrogen (secondary N) is 1. The van der Waals surface area contributed by atoms with E-state index in [1.807, 2.05) is 13.2 Å². The van der Waals surface area contributed by atoms with Gasteiger partial charge in [-0.1, -0.05) is 20.3 Å². The van der Waals surface area contributed by atoms with Crippen molar-refractivity contribution in [3.63, 3.8) is 0 Å². The summed E-state index contributed by atoms with van der Waals surface area (Å²) in [7, 11) is 0. The minimum atomic E-state index is -0.380. The molecule has 1 radical (unpaired) electrons. The van der Waals surface area contributed by atoms with Gasteiger partial charge in [-0.2, -0.15) is 12.6 Å². The summed E-state index contributed by atoms with van der Waals surface area (Å²) in [6.07, 6.45) is 4.46. The molecule has 1 saturated heterocycles. The minimum Gasteiger partial charge on any atom is -0.331 e. The Balaban J connectivity index is 2.71. The average Bonchev–Trinajstić information content (AvgIpc) is 2.94. The van der Waals surface area contributed by atoms with Crippen molar-refractivity contribution in [1.82, 2.24) is 10.2 Å². The van der Waals surface area contributed by atoms with Crippen molar-refractivity contribution < 1.29 is 9.59 Å². The summed E-state index contributed by atoms with van der Waals surface area (Å²) in [5.74, 6) is 0.766. The lowest BCUT2D eigenvalue weighted by Crippen LogP contribution is -2.53. The van der Waals surface area contributed by atoms with Crippen LogP contribution >= 0.6 is 12.6 Å². The molecule has 0 spiro atoms. The van der Waals surface area contributed by atoms with E-state index >= 15 is 0 Å². The molecule has 1 heterocycles. The number of carbonyl (C=O) groups excluding carboxylic acids is 2. The van der Waals surface area contributed by atoms with Crippen LogP contribution in [-0.2, 0) is 9.59 Å². The molecular formula is C14H26N3O2S. The van der Waals surface area contributed by atoms with Crippen molar-refractivity contribution in [3.8, 4) is 0 Å². The quantitative estimate of drug-likeness (QED) is 0.565. The smallest absolute Gasteiger partial charge is 0.240 e. The number of hydrogen-bond donors (Lipinski definition) is 3. The zero-order valence-electron chi connectivity index (χ0n) is 12.3. The lowest BCUT2D eigenvalue weighted by atomic mass is 9.97. The van der Waals surface area contributed by atoms with Crippen LogP contribution in [0.4, 0.5) is 0 Å². The van der Waals surface area contributed by atoms with Gasteiger partial charge in [-0.3, -0.25) is 9.59 Å². The van der Waals surface area contributed by atoms with Gasteiger partial charge in [0.25, 0.3) is 0 Å². The predicted molar refractivity (Wildman–Crippen MR) is 83.5 cm³/mol. The summed E-state index contributed by atoms with van der Waals surface area (Å²) in [6.45, 7) is 5.29. The first-order valence-corrected chi connectivity index (χ1v) is 7.96. The molecule has 6 heteroatoms. The minimum absolute atomic E-state index is 0.00318. The van der Waals surface area contributed by atoms with Crippen LogP contribution in [0, 0.1) is 5.92 Å². The van der Waals surface area contributed by atoms with Gasteiger partial charge in [-0.15, -0.1) is 0 Å². The highest BCUT2D eigenvalue weighted by molar-refractivity contribution is 7.80. The fourth-order valence-electron chi connectivity index (χ4n) is 2.44. The summed E-state index contributed by atoms with van der Waals surface area (Å²) in [4.78, 5) is 25.2. The van der Waals surface area contributed by atoms with Gasteiger partial charge in [-0.05, 0) is 18.8 Å². The van der Waals surface area contributed by atoms with E-state index in [1.54, 1.807) is 4.90 Å². The molecule has 0 aromatic carbocycles. The van der Waals surface area contributed by atoms with Crippen LogP contribution in [0.5, 0.6) is 0 Å². The van der Waals surface area contributed by atoms with Crippen LogP contribution in [0.25, 0.3) is 0 Å². The summed E-state index contributed by atoms with van der Waals surface area (Å²) in [5.41, 5.74) is 5.84. The molecular weight excluding hydrogens is 274 g/mol. The van der Waals surface area contributed by atoms with Gasteiger partial charge < -0.3 is 16.0 Å². The van der Waals surface area contributed by atoms with Gasteiger partial charge in [0.1, 0.15) is 0 Å². The Morgan fingerprint density at radius 1 is 1.60 bits per heavy atom. The lowest BCUT2D eigenvalue weighted by Gasteiger charge is -2.30. The van der Waals surface area contributed by atoms with Gasteiger partial charge in [0.2, 0.25) is 12.2 Å². The van der Waals surface area contributed by atoms with Crippen molar-refractivity contribution in [2.24, 2.45) is 11.7 Å². The number of likely N-dealkylation sites (tertiary alicyclic amines) is 1. The lowest BCUT2D eigenvalue weighted by molar-refractivity contribution is -0.134. The first-order valence-electron chi connectivity index (χ1n) is 7.33. The molecule has 0 aromatic heterocycles. The summed E-state index contributed by atoms with van der Waals surface area (Å²) < 4.78 is 0. The normalized spacial score (nSPS) is 23.4. The van der Waals surface area contributed by atoms with Gasteiger partial charge in [0, 0.05) is 24.9 Å². The van der Waals surface area contributed by atoms with E-state index in [1.165, 1.54) is 0 Å². The SMILES string of the molecule is CC[C@H](C)[C@H](NC[C@@H](N)CS)C(=O)N1CCC[C@H]1[C]=O. The molecule has 0 bridgehead atoms. The van der Waals surface area contributed by atoms with E-state index in [0.717, 1.165) is 19.3 Å². The fraction of sp³-hybridized carbons (Fsp3) is 0.857. The second-order valence-corrected chi connectivity index (χ2v) is 5.89. The summed E-state index contributed by atoms with van der Waals surface area (Å²) in [6, 6.07) is -0.751.